The molecule has 0 aliphatic carbocycles. The highest BCUT2D eigenvalue weighted by atomic mass is 35.5. The van der Waals surface area contributed by atoms with Crippen LogP contribution in [-0.2, 0) is 0 Å². The molecule has 92 valence electrons. The standard InChI is InChI=1S/C14H17NS.ClH/c1-10(2)11-4-3-5-12(8-11)14(15)13-6-7-16-9-13;/h3-10,14H,15H2,1-2H3;1H/t14-;/m0./s1. The molecule has 17 heavy (non-hydrogen) atoms. The molecule has 0 unspecified atom stereocenters. The molecule has 2 N–H and O–H groups in total. The Bertz CT molecular complexity index is 451. The zero-order chi connectivity index (χ0) is 11.5. The number of hydrogen-bond acceptors (Lipinski definition) is 2. The van der Waals surface area contributed by atoms with Crippen LogP contribution in [0.15, 0.2) is 41.1 Å². The van der Waals surface area contributed by atoms with E-state index < -0.39 is 0 Å². The van der Waals surface area contributed by atoms with Crippen molar-refractivity contribution in [2.75, 3.05) is 0 Å². The first-order valence-electron chi connectivity index (χ1n) is 5.56. The summed E-state index contributed by atoms with van der Waals surface area (Å²) in [7, 11) is 0. The second kappa shape index (κ2) is 6.20. The fourth-order valence-electron chi connectivity index (χ4n) is 1.76. The van der Waals surface area contributed by atoms with Crippen molar-refractivity contribution in [2.24, 2.45) is 5.73 Å². The predicted molar refractivity (Wildman–Crippen MR) is 78.1 cm³/mol. The Labute approximate surface area is 113 Å². The molecule has 0 aliphatic heterocycles. The van der Waals surface area contributed by atoms with E-state index in [-0.39, 0.29) is 18.4 Å². The van der Waals surface area contributed by atoms with Crippen LogP contribution in [0.5, 0.6) is 0 Å². The summed E-state index contributed by atoms with van der Waals surface area (Å²) in [5.74, 6) is 0.551. The van der Waals surface area contributed by atoms with Crippen LogP contribution in [0, 0.1) is 0 Å². The maximum atomic E-state index is 6.24. The van der Waals surface area contributed by atoms with Crippen molar-refractivity contribution in [1.29, 1.82) is 0 Å². The topological polar surface area (TPSA) is 26.0 Å². The van der Waals surface area contributed by atoms with Gasteiger partial charge in [-0.3, -0.25) is 0 Å². The van der Waals surface area contributed by atoms with Crippen LogP contribution in [0.1, 0.15) is 42.5 Å². The van der Waals surface area contributed by atoms with E-state index in [1.807, 2.05) is 0 Å². The van der Waals surface area contributed by atoms with Gasteiger partial charge in [0, 0.05) is 0 Å². The van der Waals surface area contributed by atoms with E-state index in [4.69, 9.17) is 5.73 Å². The smallest absolute Gasteiger partial charge is 0.0559 e. The molecule has 0 saturated heterocycles. The molecule has 0 bridgehead atoms. The van der Waals surface area contributed by atoms with E-state index in [1.54, 1.807) is 11.3 Å². The second-order valence-corrected chi connectivity index (χ2v) is 5.14. The lowest BCUT2D eigenvalue weighted by Gasteiger charge is -2.13. The highest BCUT2D eigenvalue weighted by molar-refractivity contribution is 7.08. The first-order chi connectivity index (χ1) is 7.68. The molecule has 1 aromatic carbocycles. The Morgan fingerprint density at radius 1 is 1.06 bits per heavy atom. The third-order valence-corrected chi connectivity index (χ3v) is 3.54. The van der Waals surface area contributed by atoms with E-state index in [0.717, 1.165) is 0 Å². The number of nitrogens with two attached hydrogens (primary N) is 1. The summed E-state index contributed by atoms with van der Waals surface area (Å²) in [6.45, 7) is 4.41. The molecule has 1 atom stereocenters. The summed E-state index contributed by atoms with van der Waals surface area (Å²) in [6.07, 6.45) is 0. The normalized spacial score (nSPS) is 12.2. The van der Waals surface area contributed by atoms with Gasteiger partial charge in [-0.15, -0.1) is 12.4 Å². The molecular formula is C14H18ClNS. The molecule has 1 nitrogen and oxygen atoms in total. The van der Waals surface area contributed by atoms with Crippen molar-refractivity contribution in [3.05, 3.63) is 57.8 Å². The van der Waals surface area contributed by atoms with Crippen molar-refractivity contribution < 1.29 is 0 Å². The third-order valence-electron chi connectivity index (χ3n) is 2.84. The van der Waals surface area contributed by atoms with Crippen LogP contribution in [0.4, 0.5) is 0 Å². The molecule has 0 fully saturated rings. The lowest BCUT2D eigenvalue weighted by atomic mass is 9.96. The number of thiophene rings is 1. The average molecular weight is 268 g/mol. The van der Waals surface area contributed by atoms with Crippen LogP contribution in [0.25, 0.3) is 0 Å². The van der Waals surface area contributed by atoms with Gasteiger partial charge in [0.05, 0.1) is 6.04 Å². The Hall–Kier alpha value is -0.830. The van der Waals surface area contributed by atoms with Gasteiger partial charge in [-0.1, -0.05) is 38.1 Å². The van der Waals surface area contributed by atoms with Crippen molar-refractivity contribution in [2.45, 2.75) is 25.8 Å². The first kappa shape index (κ1) is 14.2. The number of hydrogen-bond donors (Lipinski definition) is 1. The summed E-state index contributed by atoms with van der Waals surface area (Å²) in [6, 6.07) is 10.7. The van der Waals surface area contributed by atoms with Crippen LogP contribution < -0.4 is 5.73 Å². The Morgan fingerprint density at radius 2 is 1.76 bits per heavy atom. The minimum atomic E-state index is 0. The molecule has 0 aliphatic rings. The maximum absolute atomic E-state index is 6.24. The van der Waals surface area contributed by atoms with Crippen molar-refractivity contribution >= 4 is 23.7 Å². The zero-order valence-electron chi connectivity index (χ0n) is 10.1. The Morgan fingerprint density at radius 3 is 2.35 bits per heavy atom. The van der Waals surface area contributed by atoms with Crippen molar-refractivity contribution in [3.63, 3.8) is 0 Å². The summed E-state index contributed by atoms with van der Waals surface area (Å²) < 4.78 is 0. The quantitative estimate of drug-likeness (QED) is 0.880. The molecule has 3 heteroatoms. The second-order valence-electron chi connectivity index (χ2n) is 4.36. The van der Waals surface area contributed by atoms with Gasteiger partial charge in [0.25, 0.3) is 0 Å². The van der Waals surface area contributed by atoms with Gasteiger partial charge >= 0.3 is 0 Å². The highest BCUT2D eigenvalue weighted by Crippen LogP contribution is 2.24. The van der Waals surface area contributed by atoms with Crippen LogP contribution in [0.3, 0.4) is 0 Å². The lowest BCUT2D eigenvalue weighted by Crippen LogP contribution is -2.11. The largest absolute Gasteiger partial charge is 0.320 e. The van der Waals surface area contributed by atoms with Crippen molar-refractivity contribution in [3.8, 4) is 0 Å². The Kier molecular flexibility index (Phi) is 5.19. The molecule has 0 saturated carbocycles. The zero-order valence-corrected chi connectivity index (χ0v) is 11.7. The fraction of sp³-hybridized carbons (Fsp3) is 0.286. The summed E-state index contributed by atoms with van der Waals surface area (Å²) >= 11 is 1.69. The van der Waals surface area contributed by atoms with E-state index in [9.17, 15) is 0 Å². The summed E-state index contributed by atoms with van der Waals surface area (Å²) in [5, 5.41) is 4.19. The SMILES string of the molecule is CC(C)c1cccc([C@H](N)c2ccsc2)c1.Cl. The van der Waals surface area contributed by atoms with Gasteiger partial charge < -0.3 is 5.73 Å². The van der Waals surface area contributed by atoms with Gasteiger partial charge in [0.1, 0.15) is 0 Å². The minimum absolute atomic E-state index is 0. The number of halogens is 1. The monoisotopic (exact) mass is 267 g/mol. The van der Waals surface area contributed by atoms with Gasteiger partial charge in [-0.05, 0) is 39.4 Å². The molecule has 1 heterocycles. The average Bonchev–Trinajstić information content (AvgIpc) is 2.81. The first-order valence-corrected chi connectivity index (χ1v) is 6.50. The van der Waals surface area contributed by atoms with E-state index >= 15 is 0 Å². The summed E-state index contributed by atoms with van der Waals surface area (Å²) in [4.78, 5) is 0. The minimum Gasteiger partial charge on any atom is -0.320 e. The molecule has 0 radical (unpaired) electrons. The van der Waals surface area contributed by atoms with Crippen LogP contribution >= 0.6 is 23.7 Å². The lowest BCUT2D eigenvalue weighted by molar-refractivity contribution is 0.839. The fourth-order valence-corrected chi connectivity index (χ4v) is 2.45. The third kappa shape index (κ3) is 3.32. The highest BCUT2D eigenvalue weighted by Gasteiger charge is 2.10. The van der Waals surface area contributed by atoms with Crippen molar-refractivity contribution in [1.82, 2.24) is 0 Å². The van der Waals surface area contributed by atoms with E-state index in [2.05, 4.69) is 54.9 Å². The summed E-state index contributed by atoms with van der Waals surface area (Å²) in [5.41, 5.74) is 9.99. The molecule has 0 amide bonds. The molecule has 2 rings (SSSR count). The molecule has 0 spiro atoms. The number of rotatable bonds is 3. The molecule has 2 aromatic rings. The Balaban J connectivity index is 0.00000144. The maximum Gasteiger partial charge on any atom is 0.0559 e. The number of benzene rings is 1. The van der Waals surface area contributed by atoms with Crippen LogP contribution in [-0.4, -0.2) is 0 Å². The van der Waals surface area contributed by atoms with Gasteiger partial charge in [0.15, 0.2) is 0 Å². The van der Waals surface area contributed by atoms with Gasteiger partial charge in [0.2, 0.25) is 0 Å². The molecular weight excluding hydrogens is 250 g/mol. The predicted octanol–water partition coefficient (Wildman–Crippen LogP) is 4.34. The van der Waals surface area contributed by atoms with Gasteiger partial charge in [-0.25, -0.2) is 0 Å². The molecule has 1 aromatic heterocycles. The van der Waals surface area contributed by atoms with Gasteiger partial charge in [-0.2, -0.15) is 11.3 Å². The van der Waals surface area contributed by atoms with Crippen LogP contribution in [0.2, 0.25) is 0 Å². The van der Waals surface area contributed by atoms with E-state index in [1.165, 1.54) is 16.7 Å². The van der Waals surface area contributed by atoms with E-state index in [0.29, 0.717) is 5.92 Å².